The Bertz CT molecular complexity index is 487. The molecule has 0 aliphatic carbocycles. The predicted octanol–water partition coefficient (Wildman–Crippen LogP) is 0.108. The van der Waals surface area contributed by atoms with Crippen LogP contribution in [0.15, 0.2) is 24.3 Å². The fraction of sp³-hybridized carbons (Fsp3) is 0.429. The zero-order valence-corrected chi connectivity index (χ0v) is 10.8. The van der Waals surface area contributed by atoms with Gasteiger partial charge in [-0.25, -0.2) is 0 Å². The number of aliphatic hydroxyl groups is 1. The van der Waals surface area contributed by atoms with Crippen molar-refractivity contribution in [3.05, 3.63) is 35.4 Å². The van der Waals surface area contributed by atoms with Gasteiger partial charge in [-0.2, -0.15) is 0 Å². The molecule has 2 atom stereocenters. The van der Waals surface area contributed by atoms with Crippen LogP contribution in [-0.2, 0) is 16.1 Å². The summed E-state index contributed by atoms with van der Waals surface area (Å²) in [4.78, 5) is 23.6. The molecule has 0 radical (unpaired) electrons. The van der Waals surface area contributed by atoms with Crippen molar-refractivity contribution in [1.29, 1.82) is 0 Å². The molecule has 5 nitrogen and oxygen atoms in total. The first-order valence-electron chi connectivity index (χ1n) is 6.37. The van der Waals surface area contributed by atoms with Gasteiger partial charge >= 0.3 is 0 Å². The lowest BCUT2D eigenvalue weighted by Crippen LogP contribution is -2.51. The highest BCUT2D eigenvalue weighted by atomic mass is 16.3. The van der Waals surface area contributed by atoms with Gasteiger partial charge in [0.25, 0.3) is 0 Å². The monoisotopic (exact) mass is 262 g/mol. The van der Waals surface area contributed by atoms with Gasteiger partial charge in [-0.05, 0) is 24.5 Å². The van der Waals surface area contributed by atoms with Gasteiger partial charge in [0, 0.05) is 13.1 Å². The fourth-order valence-electron chi connectivity index (χ4n) is 2.19. The van der Waals surface area contributed by atoms with E-state index in [4.69, 9.17) is 0 Å². The van der Waals surface area contributed by atoms with E-state index in [0.29, 0.717) is 19.5 Å². The molecule has 1 saturated heterocycles. The summed E-state index contributed by atoms with van der Waals surface area (Å²) in [5.74, 6) is -1.83. The van der Waals surface area contributed by atoms with Crippen molar-refractivity contribution in [3.63, 3.8) is 0 Å². The first-order valence-corrected chi connectivity index (χ1v) is 6.37. The van der Waals surface area contributed by atoms with Gasteiger partial charge in [0.15, 0.2) is 0 Å². The van der Waals surface area contributed by atoms with E-state index in [9.17, 15) is 14.7 Å². The van der Waals surface area contributed by atoms with Crippen LogP contribution in [0, 0.1) is 12.8 Å². The van der Waals surface area contributed by atoms with Gasteiger partial charge in [-0.15, -0.1) is 0 Å². The number of nitrogens with one attached hydrogen (secondary N) is 2. The average Bonchev–Trinajstić information content (AvgIpc) is 2.37. The Hall–Kier alpha value is -1.88. The third-order valence-electron chi connectivity index (χ3n) is 3.40. The van der Waals surface area contributed by atoms with E-state index in [1.54, 1.807) is 0 Å². The summed E-state index contributed by atoms with van der Waals surface area (Å²) in [6.45, 7) is 2.74. The molecule has 1 fully saturated rings. The molecular formula is C14H18N2O3. The SMILES string of the molecule is Cc1ccccc1CNC(=O)C1C(=O)NCCC1O. The number of aliphatic hydroxyl groups excluding tert-OH is 1. The molecule has 0 spiro atoms. The predicted molar refractivity (Wildman–Crippen MR) is 70.1 cm³/mol. The molecule has 2 rings (SSSR count). The molecule has 1 aromatic carbocycles. The van der Waals surface area contributed by atoms with Crippen molar-refractivity contribution in [2.45, 2.75) is 26.0 Å². The molecule has 3 N–H and O–H groups in total. The second-order valence-electron chi connectivity index (χ2n) is 4.77. The molecule has 1 aromatic rings. The molecule has 19 heavy (non-hydrogen) atoms. The number of aryl methyl sites for hydroxylation is 1. The lowest BCUT2D eigenvalue weighted by Gasteiger charge is -2.26. The van der Waals surface area contributed by atoms with Gasteiger partial charge < -0.3 is 15.7 Å². The maximum atomic E-state index is 12.0. The van der Waals surface area contributed by atoms with Crippen LogP contribution in [-0.4, -0.2) is 29.6 Å². The normalized spacial score (nSPS) is 22.7. The summed E-state index contributed by atoms with van der Waals surface area (Å²) in [6, 6.07) is 7.71. The number of amides is 2. The van der Waals surface area contributed by atoms with E-state index >= 15 is 0 Å². The number of benzene rings is 1. The minimum Gasteiger partial charge on any atom is -0.392 e. The largest absolute Gasteiger partial charge is 0.392 e. The van der Waals surface area contributed by atoms with Gasteiger partial charge in [0.05, 0.1) is 6.10 Å². The summed E-state index contributed by atoms with van der Waals surface area (Å²) >= 11 is 0. The van der Waals surface area contributed by atoms with Gasteiger partial charge in [0.1, 0.15) is 5.92 Å². The number of rotatable bonds is 3. The third kappa shape index (κ3) is 3.12. The van der Waals surface area contributed by atoms with Crippen LogP contribution in [0.3, 0.4) is 0 Å². The summed E-state index contributed by atoms with van der Waals surface area (Å²) in [7, 11) is 0. The standard InChI is InChI=1S/C14H18N2O3/c1-9-4-2-3-5-10(9)8-16-14(19)12-11(17)6-7-15-13(12)18/h2-5,11-12,17H,6-8H2,1H3,(H,15,18)(H,16,19). The highest BCUT2D eigenvalue weighted by Gasteiger charge is 2.36. The van der Waals surface area contributed by atoms with Crippen LogP contribution in [0.4, 0.5) is 0 Å². The first-order chi connectivity index (χ1) is 9.09. The van der Waals surface area contributed by atoms with E-state index in [1.165, 1.54) is 0 Å². The molecule has 0 bridgehead atoms. The van der Waals surface area contributed by atoms with E-state index in [0.717, 1.165) is 11.1 Å². The Morgan fingerprint density at radius 1 is 1.47 bits per heavy atom. The van der Waals surface area contributed by atoms with E-state index in [1.807, 2.05) is 31.2 Å². The minimum atomic E-state index is -1.00. The Labute approximate surface area is 112 Å². The molecule has 1 heterocycles. The van der Waals surface area contributed by atoms with E-state index in [2.05, 4.69) is 10.6 Å². The molecule has 2 amide bonds. The van der Waals surface area contributed by atoms with E-state index < -0.39 is 23.8 Å². The Morgan fingerprint density at radius 2 is 2.21 bits per heavy atom. The maximum absolute atomic E-state index is 12.0. The summed E-state index contributed by atoms with van der Waals surface area (Å²) in [5.41, 5.74) is 2.08. The van der Waals surface area contributed by atoms with E-state index in [-0.39, 0.29) is 0 Å². The number of carbonyl (C=O) groups excluding carboxylic acids is 2. The second-order valence-corrected chi connectivity index (χ2v) is 4.77. The topological polar surface area (TPSA) is 78.4 Å². The number of hydrogen-bond acceptors (Lipinski definition) is 3. The van der Waals surface area contributed by atoms with Crippen molar-refractivity contribution >= 4 is 11.8 Å². The highest BCUT2D eigenvalue weighted by Crippen LogP contribution is 2.13. The molecule has 1 aliphatic heterocycles. The molecule has 102 valence electrons. The molecule has 1 aliphatic rings. The quantitative estimate of drug-likeness (QED) is 0.676. The van der Waals surface area contributed by atoms with Crippen LogP contribution in [0.5, 0.6) is 0 Å². The number of piperidine rings is 1. The summed E-state index contributed by atoms with van der Waals surface area (Å²) in [5, 5.41) is 15.0. The molecule has 5 heteroatoms. The first kappa shape index (κ1) is 13.5. The van der Waals surface area contributed by atoms with Crippen molar-refractivity contribution < 1.29 is 14.7 Å². The highest BCUT2D eigenvalue weighted by molar-refractivity contribution is 6.01. The van der Waals surface area contributed by atoms with Crippen LogP contribution in [0.25, 0.3) is 0 Å². The van der Waals surface area contributed by atoms with Crippen molar-refractivity contribution in [3.8, 4) is 0 Å². The number of hydrogen-bond donors (Lipinski definition) is 3. The summed E-state index contributed by atoms with van der Waals surface area (Å²) < 4.78 is 0. The molecule has 0 saturated carbocycles. The van der Waals surface area contributed by atoms with Crippen LogP contribution in [0.1, 0.15) is 17.5 Å². The summed E-state index contributed by atoms with van der Waals surface area (Å²) in [6.07, 6.45) is -0.487. The van der Waals surface area contributed by atoms with Gasteiger partial charge in [-0.3, -0.25) is 9.59 Å². The van der Waals surface area contributed by atoms with Crippen molar-refractivity contribution in [1.82, 2.24) is 10.6 Å². The van der Waals surface area contributed by atoms with Crippen LogP contribution in [0.2, 0.25) is 0 Å². The van der Waals surface area contributed by atoms with Gasteiger partial charge in [0.2, 0.25) is 11.8 Å². The minimum absolute atomic E-state index is 0.363. The lowest BCUT2D eigenvalue weighted by molar-refractivity contribution is -0.142. The van der Waals surface area contributed by atoms with Gasteiger partial charge in [-0.1, -0.05) is 24.3 Å². The zero-order valence-electron chi connectivity index (χ0n) is 10.8. The van der Waals surface area contributed by atoms with Crippen LogP contribution >= 0.6 is 0 Å². The Morgan fingerprint density at radius 3 is 2.89 bits per heavy atom. The fourth-order valence-corrected chi connectivity index (χ4v) is 2.19. The van der Waals surface area contributed by atoms with Crippen LogP contribution < -0.4 is 10.6 Å². The molecule has 0 aromatic heterocycles. The smallest absolute Gasteiger partial charge is 0.235 e. The Kier molecular flexibility index (Phi) is 4.16. The second kappa shape index (κ2) is 5.84. The van der Waals surface area contributed by atoms with Crippen molar-refractivity contribution in [2.75, 3.05) is 6.54 Å². The number of carbonyl (C=O) groups is 2. The zero-order chi connectivity index (χ0) is 13.8. The van der Waals surface area contributed by atoms with Crippen molar-refractivity contribution in [2.24, 2.45) is 5.92 Å². The lowest BCUT2D eigenvalue weighted by atomic mass is 9.94. The third-order valence-corrected chi connectivity index (χ3v) is 3.40. The molecular weight excluding hydrogens is 244 g/mol. The average molecular weight is 262 g/mol. The maximum Gasteiger partial charge on any atom is 0.235 e. The Balaban J connectivity index is 1.97. The molecule has 2 unspecified atom stereocenters.